The summed E-state index contributed by atoms with van der Waals surface area (Å²) in [6.07, 6.45) is 8.90. The van der Waals surface area contributed by atoms with E-state index in [1.54, 1.807) is 19.5 Å². The lowest BCUT2D eigenvalue weighted by molar-refractivity contribution is 0.419. The zero-order valence-corrected chi connectivity index (χ0v) is 15.4. The summed E-state index contributed by atoms with van der Waals surface area (Å²) in [7, 11) is 1.71. The summed E-state index contributed by atoms with van der Waals surface area (Å²) >= 11 is 0. The maximum Gasteiger partial charge on any atom is 0.142 e. The van der Waals surface area contributed by atoms with E-state index in [1.807, 2.05) is 24.3 Å². The standard InChI is InChI=1S/C23H23N3O/c1-27-22-7-3-6-21-18(16-25-23(21)22)5-2-4-17-8-10-19(11-9-17)26-20-12-14-24-15-13-20/h3,6-16,25H,2,4-5H2,1H3,(H,24,26). The van der Waals surface area contributed by atoms with Gasteiger partial charge in [0.2, 0.25) is 0 Å². The smallest absolute Gasteiger partial charge is 0.142 e. The zero-order valence-electron chi connectivity index (χ0n) is 15.4. The number of nitrogens with zero attached hydrogens (tertiary/aromatic N) is 1. The van der Waals surface area contributed by atoms with Crippen LogP contribution in [0.2, 0.25) is 0 Å². The van der Waals surface area contributed by atoms with Crippen molar-refractivity contribution in [3.05, 3.63) is 84.3 Å². The van der Waals surface area contributed by atoms with Crippen molar-refractivity contribution in [1.82, 2.24) is 9.97 Å². The molecule has 0 aliphatic carbocycles. The third kappa shape index (κ3) is 3.95. The summed E-state index contributed by atoms with van der Waals surface area (Å²) in [6, 6.07) is 18.8. The second-order valence-corrected chi connectivity index (χ2v) is 6.61. The number of pyridine rings is 1. The van der Waals surface area contributed by atoms with E-state index in [0.717, 1.165) is 41.9 Å². The number of benzene rings is 2. The monoisotopic (exact) mass is 357 g/mol. The first-order chi connectivity index (χ1) is 13.3. The largest absolute Gasteiger partial charge is 0.495 e. The third-order valence-corrected chi connectivity index (χ3v) is 4.82. The SMILES string of the molecule is COc1cccc2c(CCCc3ccc(Nc4ccncc4)cc3)c[nH]c12. The number of aromatic nitrogens is 2. The normalized spacial score (nSPS) is 10.9. The number of ether oxygens (including phenoxy) is 1. The Bertz CT molecular complexity index is 1010. The number of hydrogen-bond donors (Lipinski definition) is 2. The van der Waals surface area contributed by atoms with Crippen LogP contribution in [0.4, 0.5) is 11.4 Å². The first-order valence-corrected chi connectivity index (χ1v) is 9.22. The molecule has 0 amide bonds. The molecule has 4 rings (SSSR count). The Morgan fingerprint density at radius 3 is 2.48 bits per heavy atom. The maximum absolute atomic E-state index is 5.43. The lowest BCUT2D eigenvalue weighted by Gasteiger charge is -2.07. The molecule has 0 unspecified atom stereocenters. The topological polar surface area (TPSA) is 49.9 Å². The van der Waals surface area contributed by atoms with Crippen LogP contribution in [0, 0.1) is 0 Å². The lowest BCUT2D eigenvalue weighted by Crippen LogP contribution is -1.92. The van der Waals surface area contributed by atoms with E-state index in [-0.39, 0.29) is 0 Å². The van der Waals surface area contributed by atoms with Crippen LogP contribution >= 0.6 is 0 Å². The Morgan fingerprint density at radius 2 is 1.70 bits per heavy atom. The molecule has 27 heavy (non-hydrogen) atoms. The van der Waals surface area contributed by atoms with Gasteiger partial charge in [0.1, 0.15) is 5.75 Å². The second kappa shape index (κ2) is 7.96. The van der Waals surface area contributed by atoms with Crippen LogP contribution in [0.15, 0.2) is 73.2 Å². The number of nitrogens with one attached hydrogen (secondary N) is 2. The lowest BCUT2D eigenvalue weighted by atomic mass is 10.0. The summed E-state index contributed by atoms with van der Waals surface area (Å²) in [5, 5.41) is 4.64. The molecule has 2 heterocycles. The predicted molar refractivity (Wildman–Crippen MR) is 111 cm³/mol. The molecule has 0 saturated heterocycles. The molecule has 0 spiro atoms. The highest BCUT2D eigenvalue weighted by atomic mass is 16.5. The number of aromatic amines is 1. The van der Waals surface area contributed by atoms with E-state index in [1.165, 1.54) is 16.5 Å². The second-order valence-electron chi connectivity index (χ2n) is 6.61. The summed E-state index contributed by atoms with van der Waals surface area (Å²) in [4.78, 5) is 7.38. The van der Waals surface area contributed by atoms with Gasteiger partial charge in [-0.05, 0) is 60.7 Å². The van der Waals surface area contributed by atoms with Crippen LogP contribution in [-0.2, 0) is 12.8 Å². The Morgan fingerprint density at radius 1 is 0.926 bits per heavy atom. The number of aryl methyl sites for hydroxylation is 2. The predicted octanol–water partition coefficient (Wildman–Crippen LogP) is 5.49. The quantitative estimate of drug-likeness (QED) is 0.460. The Kier molecular flexibility index (Phi) is 5.06. The molecule has 4 aromatic rings. The van der Waals surface area contributed by atoms with Crippen molar-refractivity contribution in [1.29, 1.82) is 0 Å². The van der Waals surface area contributed by atoms with Crippen LogP contribution in [-0.4, -0.2) is 17.1 Å². The van der Waals surface area contributed by atoms with Gasteiger partial charge in [0.15, 0.2) is 0 Å². The molecule has 0 bridgehead atoms. The van der Waals surface area contributed by atoms with Crippen molar-refractivity contribution in [3.63, 3.8) is 0 Å². The average Bonchev–Trinajstić information content (AvgIpc) is 3.13. The van der Waals surface area contributed by atoms with Gasteiger partial charge in [-0.25, -0.2) is 0 Å². The van der Waals surface area contributed by atoms with Gasteiger partial charge in [0, 0.05) is 35.4 Å². The highest BCUT2D eigenvalue weighted by Gasteiger charge is 2.07. The number of hydrogen-bond acceptors (Lipinski definition) is 3. The number of para-hydroxylation sites is 1. The number of rotatable bonds is 7. The molecule has 4 heteroatoms. The van der Waals surface area contributed by atoms with Gasteiger partial charge in [-0.1, -0.05) is 24.3 Å². The molecule has 2 aromatic carbocycles. The molecular weight excluding hydrogens is 334 g/mol. The molecule has 0 radical (unpaired) electrons. The van der Waals surface area contributed by atoms with Crippen LogP contribution in [0.3, 0.4) is 0 Å². The van der Waals surface area contributed by atoms with Crippen molar-refractivity contribution in [2.24, 2.45) is 0 Å². The fourth-order valence-electron chi connectivity index (χ4n) is 3.40. The van der Waals surface area contributed by atoms with E-state index in [2.05, 4.69) is 51.8 Å². The van der Waals surface area contributed by atoms with Crippen molar-refractivity contribution >= 4 is 22.3 Å². The Labute approximate surface area is 159 Å². The highest BCUT2D eigenvalue weighted by Crippen LogP contribution is 2.28. The molecule has 2 N–H and O–H groups in total. The van der Waals surface area contributed by atoms with E-state index in [4.69, 9.17) is 4.74 Å². The van der Waals surface area contributed by atoms with Crippen molar-refractivity contribution < 1.29 is 4.74 Å². The Hall–Kier alpha value is -3.27. The van der Waals surface area contributed by atoms with Crippen molar-refractivity contribution in [3.8, 4) is 5.75 Å². The van der Waals surface area contributed by atoms with Crippen molar-refractivity contribution in [2.75, 3.05) is 12.4 Å². The molecular formula is C23H23N3O. The molecule has 0 saturated carbocycles. The van der Waals surface area contributed by atoms with E-state index >= 15 is 0 Å². The fourth-order valence-corrected chi connectivity index (χ4v) is 3.40. The van der Waals surface area contributed by atoms with Crippen LogP contribution in [0.5, 0.6) is 5.75 Å². The molecule has 0 aliphatic heterocycles. The highest BCUT2D eigenvalue weighted by molar-refractivity contribution is 5.88. The maximum atomic E-state index is 5.43. The average molecular weight is 357 g/mol. The van der Waals surface area contributed by atoms with Gasteiger partial charge in [-0.15, -0.1) is 0 Å². The van der Waals surface area contributed by atoms with Gasteiger partial charge in [0.05, 0.1) is 12.6 Å². The summed E-state index contributed by atoms with van der Waals surface area (Å²) in [6.45, 7) is 0. The Balaban J connectivity index is 1.35. The third-order valence-electron chi connectivity index (χ3n) is 4.82. The fraction of sp³-hybridized carbons (Fsp3) is 0.174. The van der Waals surface area contributed by atoms with Gasteiger partial charge in [-0.3, -0.25) is 4.98 Å². The van der Waals surface area contributed by atoms with E-state index < -0.39 is 0 Å². The van der Waals surface area contributed by atoms with Crippen LogP contribution in [0.1, 0.15) is 17.5 Å². The zero-order chi connectivity index (χ0) is 18.5. The molecule has 0 atom stereocenters. The number of fused-ring (bicyclic) bond motifs is 1. The molecule has 136 valence electrons. The van der Waals surface area contributed by atoms with Gasteiger partial charge in [0.25, 0.3) is 0 Å². The first-order valence-electron chi connectivity index (χ1n) is 9.22. The van der Waals surface area contributed by atoms with E-state index in [9.17, 15) is 0 Å². The van der Waals surface area contributed by atoms with Crippen LogP contribution < -0.4 is 10.1 Å². The first kappa shape index (κ1) is 17.2. The van der Waals surface area contributed by atoms with Gasteiger partial charge >= 0.3 is 0 Å². The summed E-state index contributed by atoms with van der Waals surface area (Å²) < 4.78 is 5.43. The number of methoxy groups -OCH3 is 1. The van der Waals surface area contributed by atoms with Crippen molar-refractivity contribution in [2.45, 2.75) is 19.3 Å². The number of anilines is 2. The number of H-pyrrole nitrogens is 1. The van der Waals surface area contributed by atoms with Crippen LogP contribution in [0.25, 0.3) is 10.9 Å². The summed E-state index contributed by atoms with van der Waals surface area (Å²) in [5.74, 6) is 0.899. The minimum Gasteiger partial charge on any atom is -0.495 e. The van der Waals surface area contributed by atoms with Gasteiger partial charge < -0.3 is 15.0 Å². The molecule has 0 fully saturated rings. The molecule has 4 nitrogen and oxygen atoms in total. The van der Waals surface area contributed by atoms with E-state index in [0.29, 0.717) is 0 Å². The minimum absolute atomic E-state index is 0.899. The minimum atomic E-state index is 0.899. The molecule has 0 aliphatic rings. The molecule has 2 aromatic heterocycles. The van der Waals surface area contributed by atoms with Gasteiger partial charge in [-0.2, -0.15) is 0 Å². The summed E-state index contributed by atoms with van der Waals surface area (Å²) in [5.41, 5.74) is 5.93.